The summed E-state index contributed by atoms with van der Waals surface area (Å²) in [4.78, 5) is 17.1. The average molecular weight is 322 g/mol. The van der Waals surface area contributed by atoms with Crippen molar-refractivity contribution in [2.45, 2.75) is 83.9 Å². The Morgan fingerprint density at radius 3 is 2.52 bits per heavy atom. The predicted octanol–water partition coefficient (Wildman–Crippen LogP) is 4.21. The Morgan fingerprint density at radius 1 is 1.30 bits per heavy atom. The highest BCUT2D eigenvalue weighted by molar-refractivity contribution is 5.69. The zero-order valence-corrected chi connectivity index (χ0v) is 15.8. The fraction of sp³-hybridized carbons (Fsp3) is 0.842. The molecule has 23 heavy (non-hydrogen) atoms. The molecule has 2 rings (SSSR count). The van der Waals surface area contributed by atoms with Gasteiger partial charge in [0.15, 0.2) is 0 Å². The van der Waals surface area contributed by atoms with Crippen LogP contribution in [0.3, 0.4) is 0 Å². The van der Waals surface area contributed by atoms with Gasteiger partial charge in [0.25, 0.3) is 0 Å². The van der Waals surface area contributed by atoms with E-state index in [2.05, 4.69) is 31.9 Å². The van der Waals surface area contributed by atoms with Gasteiger partial charge in [-0.25, -0.2) is 4.79 Å². The molecule has 2 atom stereocenters. The van der Waals surface area contributed by atoms with Crippen molar-refractivity contribution in [3.05, 3.63) is 11.6 Å². The number of hydrogen-bond acceptors (Lipinski definition) is 3. The van der Waals surface area contributed by atoms with E-state index < -0.39 is 5.60 Å². The van der Waals surface area contributed by atoms with Crippen molar-refractivity contribution in [3.63, 3.8) is 0 Å². The number of carbonyl (C=O) groups excluding carboxylic acids is 1. The van der Waals surface area contributed by atoms with E-state index in [4.69, 9.17) is 4.74 Å². The van der Waals surface area contributed by atoms with Crippen LogP contribution in [0, 0.1) is 0 Å². The molecule has 0 bridgehead atoms. The maximum absolute atomic E-state index is 12.6. The first-order chi connectivity index (χ1) is 10.7. The monoisotopic (exact) mass is 322 g/mol. The van der Waals surface area contributed by atoms with Crippen LogP contribution in [0.25, 0.3) is 0 Å². The highest BCUT2D eigenvalue weighted by atomic mass is 16.6. The number of carbonyl (C=O) groups is 1. The number of likely N-dealkylation sites (N-methyl/N-ethyl adjacent to an activating group) is 1. The molecule has 0 aromatic carbocycles. The van der Waals surface area contributed by atoms with Crippen molar-refractivity contribution >= 4 is 6.09 Å². The fourth-order valence-corrected chi connectivity index (χ4v) is 4.03. The van der Waals surface area contributed by atoms with Crippen LogP contribution in [0.2, 0.25) is 0 Å². The Balaban J connectivity index is 2.25. The second-order valence-electron chi connectivity index (χ2n) is 8.20. The minimum Gasteiger partial charge on any atom is -0.444 e. The normalized spacial score (nSPS) is 30.1. The molecule has 2 saturated heterocycles. The van der Waals surface area contributed by atoms with Gasteiger partial charge in [-0.05, 0) is 79.0 Å². The quantitative estimate of drug-likeness (QED) is 0.730. The summed E-state index contributed by atoms with van der Waals surface area (Å²) in [6.07, 6.45) is 7.72. The van der Waals surface area contributed by atoms with Crippen LogP contribution in [0.15, 0.2) is 11.6 Å². The molecule has 132 valence electrons. The Kier molecular flexibility index (Phi) is 5.44. The summed E-state index contributed by atoms with van der Waals surface area (Å²) >= 11 is 0. The third-order valence-corrected chi connectivity index (χ3v) is 5.29. The Bertz CT molecular complexity index is 466. The van der Waals surface area contributed by atoms with Crippen molar-refractivity contribution < 1.29 is 9.53 Å². The second kappa shape index (κ2) is 6.84. The lowest BCUT2D eigenvalue weighted by Gasteiger charge is -2.41. The number of likely N-dealkylation sites (tertiary alicyclic amines) is 2. The molecule has 4 nitrogen and oxygen atoms in total. The largest absolute Gasteiger partial charge is 0.444 e. The molecule has 0 spiro atoms. The van der Waals surface area contributed by atoms with Gasteiger partial charge in [0.05, 0.1) is 6.04 Å². The maximum Gasteiger partial charge on any atom is 0.410 e. The van der Waals surface area contributed by atoms with Crippen LogP contribution in [0.5, 0.6) is 0 Å². The number of nitrogens with zero attached hydrogens (tertiary/aromatic N) is 2. The highest BCUT2D eigenvalue weighted by Gasteiger charge is 2.44. The molecule has 0 N–H and O–H groups in total. The number of rotatable bonds is 3. The van der Waals surface area contributed by atoms with Gasteiger partial charge in [-0.3, -0.25) is 4.90 Å². The van der Waals surface area contributed by atoms with Gasteiger partial charge in [-0.2, -0.15) is 0 Å². The number of hydrogen-bond donors (Lipinski definition) is 0. The van der Waals surface area contributed by atoms with E-state index in [9.17, 15) is 4.79 Å². The summed E-state index contributed by atoms with van der Waals surface area (Å²) in [5, 5.41) is 0. The van der Waals surface area contributed by atoms with Crippen LogP contribution in [0.1, 0.15) is 66.7 Å². The maximum atomic E-state index is 12.6. The van der Waals surface area contributed by atoms with E-state index in [-0.39, 0.29) is 17.7 Å². The van der Waals surface area contributed by atoms with Crippen molar-refractivity contribution in [2.24, 2.45) is 0 Å². The van der Waals surface area contributed by atoms with Crippen LogP contribution >= 0.6 is 0 Å². The van der Waals surface area contributed by atoms with Crippen molar-refractivity contribution in [1.29, 1.82) is 0 Å². The minimum absolute atomic E-state index is 0.0747. The molecular weight excluding hydrogens is 288 g/mol. The van der Waals surface area contributed by atoms with E-state index >= 15 is 0 Å². The lowest BCUT2D eigenvalue weighted by Crippen LogP contribution is -2.49. The molecule has 0 aliphatic carbocycles. The van der Waals surface area contributed by atoms with Gasteiger partial charge in [0.1, 0.15) is 5.60 Å². The van der Waals surface area contributed by atoms with E-state index in [0.717, 1.165) is 32.4 Å². The summed E-state index contributed by atoms with van der Waals surface area (Å²) in [6, 6.07) is 0.190. The summed E-state index contributed by atoms with van der Waals surface area (Å²) in [6.45, 7) is 12.3. The fourth-order valence-electron chi connectivity index (χ4n) is 4.03. The zero-order chi connectivity index (χ0) is 17.3. The molecule has 4 heteroatoms. The average Bonchev–Trinajstić information content (AvgIpc) is 3.03. The van der Waals surface area contributed by atoms with Gasteiger partial charge in [0.2, 0.25) is 0 Å². The number of ether oxygens (including phenoxy) is 1. The lowest BCUT2D eigenvalue weighted by atomic mass is 9.82. The predicted molar refractivity (Wildman–Crippen MR) is 94.6 cm³/mol. The van der Waals surface area contributed by atoms with E-state index in [0.29, 0.717) is 0 Å². The Hall–Kier alpha value is -1.03. The molecule has 2 fully saturated rings. The zero-order valence-electron chi connectivity index (χ0n) is 15.8. The van der Waals surface area contributed by atoms with Gasteiger partial charge in [0, 0.05) is 12.1 Å². The van der Waals surface area contributed by atoms with Crippen LogP contribution in [0.4, 0.5) is 4.79 Å². The smallest absolute Gasteiger partial charge is 0.410 e. The standard InChI is InChI=1S/C19H34N2O2/c1-7-10-15(19(5)12-9-13-20(19)6)16-11-8-14-21(16)17(22)23-18(2,3)4/h10,16H,7-9,11-14H2,1-6H3/b15-10-. The highest BCUT2D eigenvalue weighted by Crippen LogP contribution is 2.40. The summed E-state index contributed by atoms with van der Waals surface area (Å²) < 4.78 is 5.65. The van der Waals surface area contributed by atoms with Gasteiger partial charge < -0.3 is 9.64 Å². The van der Waals surface area contributed by atoms with Gasteiger partial charge in [-0.1, -0.05) is 13.0 Å². The third-order valence-electron chi connectivity index (χ3n) is 5.29. The molecule has 2 aliphatic heterocycles. The molecule has 1 amide bonds. The summed E-state index contributed by atoms with van der Waals surface area (Å²) in [5.41, 5.74) is 1.06. The van der Waals surface area contributed by atoms with Gasteiger partial charge >= 0.3 is 6.09 Å². The first-order valence-corrected chi connectivity index (χ1v) is 9.10. The molecule has 0 aromatic rings. The topological polar surface area (TPSA) is 32.8 Å². The van der Waals surface area contributed by atoms with E-state index in [1.54, 1.807) is 0 Å². The van der Waals surface area contributed by atoms with Crippen molar-refractivity contribution in [1.82, 2.24) is 9.80 Å². The van der Waals surface area contributed by atoms with Crippen LogP contribution in [-0.2, 0) is 4.74 Å². The SMILES string of the molecule is CC/C=C(/C1CCCN1C(=O)OC(C)(C)C)C1(C)CCCN1C. The molecule has 2 aliphatic rings. The first-order valence-electron chi connectivity index (χ1n) is 9.10. The van der Waals surface area contributed by atoms with E-state index in [1.807, 2.05) is 25.7 Å². The molecule has 0 saturated carbocycles. The molecular formula is C19H34N2O2. The number of allylic oxidation sites excluding steroid dienone is 1. The first kappa shape index (κ1) is 18.3. The summed E-state index contributed by atoms with van der Waals surface area (Å²) in [7, 11) is 2.21. The van der Waals surface area contributed by atoms with Crippen LogP contribution in [-0.4, -0.2) is 53.2 Å². The Labute approximate surface area is 141 Å². The Morgan fingerprint density at radius 2 is 2.00 bits per heavy atom. The molecule has 0 radical (unpaired) electrons. The molecule has 0 aromatic heterocycles. The molecule has 2 heterocycles. The van der Waals surface area contributed by atoms with E-state index in [1.165, 1.54) is 18.4 Å². The molecule has 2 unspecified atom stereocenters. The second-order valence-corrected chi connectivity index (χ2v) is 8.20. The van der Waals surface area contributed by atoms with Crippen molar-refractivity contribution in [2.75, 3.05) is 20.1 Å². The number of amides is 1. The minimum atomic E-state index is -0.438. The van der Waals surface area contributed by atoms with Crippen molar-refractivity contribution in [3.8, 4) is 0 Å². The van der Waals surface area contributed by atoms with Gasteiger partial charge in [-0.15, -0.1) is 0 Å². The summed E-state index contributed by atoms with van der Waals surface area (Å²) in [5.74, 6) is 0. The lowest BCUT2D eigenvalue weighted by molar-refractivity contribution is 0.0233. The van der Waals surface area contributed by atoms with Crippen LogP contribution < -0.4 is 0 Å². The third kappa shape index (κ3) is 3.90.